The van der Waals surface area contributed by atoms with Crippen LogP contribution < -0.4 is 5.32 Å². The molecule has 1 heterocycles. The van der Waals surface area contributed by atoms with Crippen LogP contribution in [-0.4, -0.2) is 36.5 Å². The molecular weight excluding hydrogens is 256 g/mol. The van der Waals surface area contributed by atoms with Gasteiger partial charge in [-0.2, -0.15) is 0 Å². The summed E-state index contributed by atoms with van der Waals surface area (Å²) in [5.41, 5.74) is 1.48. The topological polar surface area (TPSA) is 60.3 Å². The zero-order chi connectivity index (χ0) is 14.5. The van der Waals surface area contributed by atoms with Crippen molar-refractivity contribution in [2.24, 2.45) is 0 Å². The van der Waals surface area contributed by atoms with Gasteiger partial charge in [0.15, 0.2) is 0 Å². The normalized spacial score (nSPS) is 12.3. The Morgan fingerprint density at radius 1 is 1.45 bits per heavy atom. The second-order valence-corrected chi connectivity index (χ2v) is 4.80. The maximum Gasteiger partial charge on any atom is 0.240 e. The van der Waals surface area contributed by atoms with Gasteiger partial charge in [-0.1, -0.05) is 12.1 Å². The summed E-state index contributed by atoms with van der Waals surface area (Å²) in [5, 5.41) is 3.87. The molecular formula is C15H18N2O3. The molecule has 1 atom stereocenters. The predicted octanol–water partition coefficient (Wildman–Crippen LogP) is 1.60. The molecule has 1 aromatic heterocycles. The van der Waals surface area contributed by atoms with Gasteiger partial charge < -0.3 is 14.6 Å². The fraction of sp³-hybridized carbons (Fsp3) is 0.333. The van der Waals surface area contributed by atoms with E-state index in [1.165, 1.54) is 0 Å². The Balaban J connectivity index is 2.13. The molecule has 5 nitrogen and oxygen atoms in total. The summed E-state index contributed by atoms with van der Waals surface area (Å²) in [6, 6.07) is 7.32. The molecule has 1 aromatic carbocycles. The largest absolute Gasteiger partial charge is 0.383 e. The van der Waals surface area contributed by atoms with Crippen LogP contribution in [0.1, 0.15) is 17.3 Å². The minimum atomic E-state index is -0.0800. The fourth-order valence-electron chi connectivity index (χ4n) is 2.18. The van der Waals surface area contributed by atoms with E-state index in [0.29, 0.717) is 12.2 Å². The Hall–Kier alpha value is -2.14. The van der Waals surface area contributed by atoms with E-state index < -0.39 is 0 Å². The predicted molar refractivity (Wildman–Crippen MR) is 76.8 cm³/mol. The van der Waals surface area contributed by atoms with E-state index in [9.17, 15) is 9.59 Å². The van der Waals surface area contributed by atoms with Gasteiger partial charge in [0.25, 0.3) is 0 Å². The van der Waals surface area contributed by atoms with Crippen LogP contribution in [0.4, 0.5) is 0 Å². The highest BCUT2D eigenvalue weighted by atomic mass is 16.5. The van der Waals surface area contributed by atoms with Gasteiger partial charge in [-0.15, -0.1) is 0 Å². The van der Waals surface area contributed by atoms with Gasteiger partial charge in [0, 0.05) is 30.4 Å². The highest BCUT2D eigenvalue weighted by Crippen LogP contribution is 2.16. The Morgan fingerprint density at radius 3 is 2.95 bits per heavy atom. The van der Waals surface area contributed by atoms with Gasteiger partial charge in [0.2, 0.25) is 5.91 Å². The second kappa shape index (κ2) is 6.34. The van der Waals surface area contributed by atoms with Crippen LogP contribution in [-0.2, 0) is 16.1 Å². The van der Waals surface area contributed by atoms with E-state index in [1.807, 2.05) is 29.8 Å². The molecule has 1 unspecified atom stereocenters. The van der Waals surface area contributed by atoms with E-state index in [-0.39, 0.29) is 18.5 Å². The second-order valence-electron chi connectivity index (χ2n) is 4.80. The fourth-order valence-corrected chi connectivity index (χ4v) is 2.18. The third-order valence-electron chi connectivity index (χ3n) is 3.07. The third kappa shape index (κ3) is 3.24. The molecule has 106 valence electrons. The first kappa shape index (κ1) is 14.3. The molecule has 2 rings (SSSR count). The Kier molecular flexibility index (Phi) is 4.53. The zero-order valence-electron chi connectivity index (χ0n) is 11.6. The maximum atomic E-state index is 11.9. The maximum absolute atomic E-state index is 11.9. The number of nitrogens with zero attached hydrogens (tertiary/aromatic N) is 1. The number of hydrogen-bond donors (Lipinski definition) is 1. The van der Waals surface area contributed by atoms with Gasteiger partial charge in [0.1, 0.15) is 12.8 Å². The highest BCUT2D eigenvalue weighted by Gasteiger charge is 2.09. The number of carbonyl (C=O) groups is 2. The third-order valence-corrected chi connectivity index (χ3v) is 3.07. The molecule has 0 spiro atoms. The van der Waals surface area contributed by atoms with Crippen LogP contribution in [0.25, 0.3) is 10.9 Å². The molecule has 0 fully saturated rings. The van der Waals surface area contributed by atoms with E-state index in [1.54, 1.807) is 19.2 Å². The van der Waals surface area contributed by atoms with E-state index in [4.69, 9.17) is 4.74 Å². The Bertz CT molecular complexity index is 619. The quantitative estimate of drug-likeness (QED) is 0.814. The first-order chi connectivity index (χ1) is 9.63. The molecule has 0 aliphatic carbocycles. The molecule has 5 heteroatoms. The van der Waals surface area contributed by atoms with Crippen LogP contribution in [0.3, 0.4) is 0 Å². The summed E-state index contributed by atoms with van der Waals surface area (Å²) in [6.07, 6.45) is 2.65. The lowest BCUT2D eigenvalue weighted by Gasteiger charge is -2.13. The minimum Gasteiger partial charge on any atom is -0.383 e. The van der Waals surface area contributed by atoms with Gasteiger partial charge in [-0.05, 0) is 24.4 Å². The van der Waals surface area contributed by atoms with Crippen LogP contribution in [0.2, 0.25) is 0 Å². The van der Waals surface area contributed by atoms with Crippen LogP contribution in [0, 0.1) is 0 Å². The molecule has 0 radical (unpaired) electrons. The van der Waals surface area contributed by atoms with E-state index >= 15 is 0 Å². The number of ether oxygens (including phenoxy) is 1. The number of rotatable bonds is 6. The van der Waals surface area contributed by atoms with Crippen molar-refractivity contribution in [1.29, 1.82) is 0 Å². The summed E-state index contributed by atoms with van der Waals surface area (Å²) >= 11 is 0. The highest BCUT2D eigenvalue weighted by molar-refractivity contribution is 5.88. The van der Waals surface area contributed by atoms with Crippen molar-refractivity contribution in [1.82, 2.24) is 9.88 Å². The van der Waals surface area contributed by atoms with Crippen LogP contribution in [0.5, 0.6) is 0 Å². The van der Waals surface area contributed by atoms with Gasteiger partial charge in [-0.25, -0.2) is 0 Å². The van der Waals surface area contributed by atoms with Gasteiger partial charge in [-0.3, -0.25) is 9.59 Å². The molecule has 0 aliphatic heterocycles. The number of hydrogen-bond acceptors (Lipinski definition) is 3. The van der Waals surface area contributed by atoms with E-state index in [2.05, 4.69) is 5.32 Å². The lowest BCUT2D eigenvalue weighted by atomic mass is 10.2. The lowest BCUT2D eigenvalue weighted by Crippen LogP contribution is -2.37. The summed E-state index contributed by atoms with van der Waals surface area (Å²) in [6.45, 7) is 2.59. The van der Waals surface area contributed by atoms with E-state index in [0.717, 1.165) is 17.2 Å². The monoisotopic (exact) mass is 274 g/mol. The number of fused-ring (bicyclic) bond motifs is 1. The first-order valence-electron chi connectivity index (χ1n) is 6.46. The van der Waals surface area contributed by atoms with Crippen LogP contribution >= 0.6 is 0 Å². The number of methoxy groups -OCH3 is 1. The van der Waals surface area contributed by atoms with Crippen molar-refractivity contribution in [3.05, 3.63) is 36.0 Å². The zero-order valence-corrected chi connectivity index (χ0v) is 11.6. The lowest BCUT2D eigenvalue weighted by molar-refractivity contribution is -0.122. The summed E-state index contributed by atoms with van der Waals surface area (Å²) in [7, 11) is 1.60. The Morgan fingerprint density at radius 2 is 2.25 bits per heavy atom. The standard InChI is InChI=1S/C15H18N2O3/c1-11(10-20-2)16-15(19)8-17-6-5-13-4-3-12(9-18)7-14(13)17/h3-7,9,11H,8,10H2,1-2H3,(H,16,19). The number of aromatic nitrogens is 1. The molecule has 1 amide bonds. The first-order valence-corrected chi connectivity index (χ1v) is 6.46. The number of carbonyl (C=O) groups excluding carboxylic acids is 2. The van der Waals surface area contributed by atoms with Crippen molar-refractivity contribution in [3.8, 4) is 0 Å². The smallest absolute Gasteiger partial charge is 0.240 e. The molecule has 0 saturated heterocycles. The van der Waals surface area contributed by atoms with Crippen molar-refractivity contribution in [2.45, 2.75) is 19.5 Å². The van der Waals surface area contributed by atoms with Gasteiger partial charge >= 0.3 is 0 Å². The molecule has 0 aliphatic rings. The molecule has 20 heavy (non-hydrogen) atoms. The van der Waals surface area contributed by atoms with Crippen molar-refractivity contribution in [3.63, 3.8) is 0 Å². The minimum absolute atomic E-state index is 0.0279. The average Bonchev–Trinajstić information content (AvgIpc) is 2.81. The number of amides is 1. The molecule has 2 aromatic rings. The van der Waals surface area contributed by atoms with Crippen LogP contribution in [0.15, 0.2) is 30.5 Å². The molecule has 0 saturated carbocycles. The Labute approximate surface area is 117 Å². The summed E-state index contributed by atoms with van der Waals surface area (Å²) in [5.74, 6) is -0.0800. The summed E-state index contributed by atoms with van der Waals surface area (Å²) in [4.78, 5) is 22.8. The van der Waals surface area contributed by atoms with Crippen molar-refractivity contribution < 1.29 is 14.3 Å². The number of aldehydes is 1. The molecule has 0 bridgehead atoms. The average molecular weight is 274 g/mol. The SMILES string of the molecule is COCC(C)NC(=O)Cn1ccc2ccc(C=O)cc21. The number of nitrogens with one attached hydrogen (secondary N) is 1. The van der Waals surface area contributed by atoms with Crippen molar-refractivity contribution in [2.75, 3.05) is 13.7 Å². The van der Waals surface area contributed by atoms with Gasteiger partial charge in [0.05, 0.1) is 6.61 Å². The van der Waals surface area contributed by atoms with Crippen molar-refractivity contribution >= 4 is 23.1 Å². The molecule has 1 N–H and O–H groups in total. The summed E-state index contributed by atoms with van der Waals surface area (Å²) < 4.78 is 6.81. The number of benzene rings is 1.